The van der Waals surface area contributed by atoms with Gasteiger partial charge in [0.05, 0.1) is 11.4 Å². The van der Waals surface area contributed by atoms with Gasteiger partial charge in [0.1, 0.15) is 5.52 Å². The number of amides is 1. The molecule has 3 N–H and O–H groups in total. The second-order valence-electron chi connectivity index (χ2n) is 6.18. The van der Waals surface area contributed by atoms with Gasteiger partial charge in [-0.2, -0.15) is 9.78 Å². The number of hydrogen-bond donors (Lipinski definition) is 2. The van der Waals surface area contributed by atoms with E-state index in [1.807, 2.05) is 0 Å². The first kappa shape index (κ1) is 16.5. The highest BCUT2D eigenvalue weighted by molar-refractivity contribution is 7.93. The fourth-order valence-electron chi connectivity index (χ4n) is 2.81. The van der Waals surface area contributed by atoms with Crippen LogP contribution < -0.4 is 10.5 Å². The highest BCUT2D eigenvalue weighted by Crippen LogP contribution is 2.32. The fraction of sp³-hybridized carbons (Fsp3) is 0.176. The van der Waals surface area contributed by atoms with Crippen molar-refractivity contribution in [3.05, 3.63) is 48.4 Å². The van der Waals surface area contributed by atoms with E-state index in [0.717, 1.165) is 4.68 Å². The Morgan fingerprint density at radius 2 is 1.88 bits per heavy atom. The summed E-state index contributed by atoms with van der Waals surface area (Å²) in [5.74, 6) is -0.620. The number of nitrogens with two attached hydrogens (primary N) is 1. The Bertz CT molecular complexity index is 1120. The zero-order valence-corrected chi connectivity index (χ0v) is 14.3. The molecule has 0 unspecified atom stereocenters. The SMILES string of the molecule is NC(=O)n1ncc2ccc(-c3ccc(NS(=O)(=O)C4CC4)cc3)c(F)c21. The molecule has 1 fully saturated rings. The van der Waals surface area contributed by atoms with Gasteiger partial charge in [-0.15, -0.1) is 0 Å². The largest absolute Gasteiger partial charge is 0.350 e. The number of carbonyl (C=O) groups is 1. The molecule has 2 aromatic carbocycles. The first-order valence-electron chi connectivity index (χ1n) is 7.95. The number of rotatable bonds is 4. The predicted octanol–water partition coefficient (Wildman–Crippen LogP) is 2.67. The number of primary amides is 1. The Balaban J connectivity index is 1.70. The minimum Gasteiger partial charge on any atom is -0.350 e. The zero-order valence-electron chi connectivity index (χ0n) is 13.5. The highest BCUT2D eigenvalue weighted by Gasteiger charge is 2.35. The Morgan fingerprint density at radius 3 is 2.50 bits per heavy atom. The van der Waals surface area contributed by atoms with Crippen LogP contribution in [0.4, 0.5) is 14.9 Å². The monoisotopic (exact) mass is 374 g/mol. The van der Waals surface area contributed by atoms with Gasteiger partial charge in [0, 0.05) is 16.6 Å². The molecule has 1 aliphatic carbocycles. The second-order valence-corrected chi connectivity index (χ2v) is 8.14. The van der Waals surface area contributed by atoms with Crippen LogP contribution in [-0.2, 0) is 10.0 Å². The topological polar surface area (TPSA) is 107 Å². The van der Waals surface area contributed by atoms with E-state index in [4.69, 9.17) is 5.73 Å². The first-order valence-corrected chi connectivity index (χ1v) is 9.49. The molecule has 0 aliphatic heterocycles. The molecule has 9 heteroatoms. The molecule has 26 heavy (non-hydrogen) atoms. The molecule has 0 saturated heterocycles. The van der Waals surface area contributed by atoms with Crippen LogP contribution >= 0.6 is 0 Å². The quantitative estimate of drug-likeness (QED) is 0.732. The molecule has 0 atom stereocenters. The Kier molecular flexibility index (Phi) is 3.69. The summed E-state index contributed by atoms with van der Waals surface area (Å²) in [6, 6.07) is 8.72. The molecule has 134 valence electrons. The summed E-state index contributed by atoms with van der Waals surface area (Å²) in [6.45, 7) is 0. The molecule has 7 nitrogen and oxygen atoms in total. The van der Waals surface area contributed by atoms with E-state index in [1.54, 1.807) is 36.4 Å². The van der Waals surface area contributed by atoms with Crippen molar-refractivity contribution in [2.24, 2.45) is 5.73 Å². The predicted molar refractivity (Wildman–Crippen MR) is 95.7 cm³/mol. The molecule has 1 aromatic heterocycles. The van der Waals surface area contributed by atoms with Crippen molar-refractivity contribution in [1.82, 2.24) is 9.78 Å². The van der Waals surface area contributed by atoms with Crippen molar-refractivity contribution in [1.29, 1.82) is 0 Å². The minimum atomic E-state index is -3.35. The smallest absolute Gasteiger partial charge is 0.340 e. The van der Waals surface area contributed by atoms with Crippen LogP contribution in [0.1, 0.15) is 12.8 Å². The van der Waals surface area contributed by atoms with Gasteiger partial charge in [-0.25, -0.2) is 17.6 Å². The third-order valence-electron chi connectivity index (χ3n) is 4.30. The highest BCUT2D eigenvalue weighted by atomic mass is 32.2. The van der Waals surface area contributed by atoms with Crippen LogP contribution in [-0.4, -0.2) is 29.5 Å². The summed E-state index contributed by atoms with van der Waals surface area (Å²) >= 11 is 0. The molecule has 1 amide bonds. The van der Waals surface area contributed by atoms with E-state index in [9.17, 15) is 17.6 Å². The average molecular weight is 374 g/mol. The van der Waals surface area contributed by atoms with Gasteiger partial charge in [-0.3, -0.25) is 4.72 Å². The van der Waals surface area contributed by atoms with Crippen LogP contribution in [0.15, 0.2) is 42.6 Å². The van der Waals surface area contributed by atoms with Crippen LogP contribution in [0.3, 0.4) is 0 Å². The molecule has 1 saturated carbocycles. The van der Waals surface area contributed by atoms with Crippen LogP contribution in [0.25, 0.3) is 22.0 Å². The molecule has 0 radical (unpaired) electrons. The Morgan fingerprint density at radius 1 is 1.19 bits per heavy atom. The van der Waals surface area contributed by atoms with Gasteiger partial charge in [-0.05, 0) is 30.5 Å². The summed E-state index contributed by atoms with van der Waals surface area (Å²) in [7, 11) is -3.35. The number of halogens is 1. The van der Waals surface area contributed by atoms with Crippen LogP contribution in [0.2, 0.25) is 0 Å². The molecule has 1 heterocycles. The second kappa shape index (κ2) is 5.80. The number of aromatic nitrogens is 2. The van der Waals surface area contributed by atoms with E-state index in [-0.39, 0.29) is 16.3 Å². The standard InChI is InChI=1S/C17H15FN4O3S/c18-15-14(8-3-11-9-20-22(16(11)15)17(19)23)10-1-4-12(5-2-10)21-26(24,25)13-6-7-13/h1-5,8-9,13,21H,6-7H2,(H2,19,23). The number of carbonyl (C=O) groups excluding carboxylic acids is 1. The Hall–Kier alpha value is -2.94. The van der Waals surface area contributed by atoms with Gasteiger partial charge in [0.2, 0.25) is 10.0 Å². The van der Waals surface area contributed by atoms with Crippen molar-refractivity contribution < 1.29 is 17.6 Å². The number of nitrogens with one attached hydrogen (secondary N) is 1. The maximum atomic E-state index is 14.9. The lowest BCUT2D eigenvalue weighted by atomic mass is 10.0. The Labute approximate surface area is 148 Å². The van der Waals surface area contributed by atoms with Gasteiger partial charge < -0.3 is 5.73 Å². The minimum absolute atomic E-state index is 0.00788. The number of nitrogens with zero attached hydrogens (tertiary/aromatic N) is 2. The molecular formula is C17H15FN4O3S. The first-order chi connectivity index (χ1) is 12.4. The van der Waals surface area contributed by atoms with Gasteiger partial charge in [-0.1, -0.05) is 24.3 Å². The molecular weight excluding hydrogens is 359 g/mol. The van der Waals surface area contributed by atoms with Gasteiger partial charge >= 0.3 is 6.03 Å². The fourth-order valence-corrected chi connectivity index (χ4v) is 4.20. The maximum absolute atomic E-state index is 14.9. The van der Waals surface area contributed by atoms with E-state index in [1.165, 1.54) is 6.20 Å². The van der Waals surface area contributed by atoms with Gasteiger partial charge in [0.15, 0.2) is 5.82 Å². The lowest BCUT2D eigenvalue weighted by molar-refractivity contribution is 0.248. The summed E-state index contributed by atoms with van der Waals surface area (Å²) < 4.78 is 42.2. The van der Waals surface area contributed by atoms with E-state index in [2.05, 4.69) is 9.82 Å². The van der Waals surface area contributed by atoms with Crippen molar-refractivity contribution in [3.8, 4) is 11.1 Å². The zero-order chi connectivity index (χ0) is 18.5. The normalized spacial score (nSPS) is 14.5. The van der Waals surface area contributed by atoms with Crippen molar-refractivity contribution in [2.75, 3.05) is 4.72 Å². The summed E-state index contributed by atoms with van der Waals surface area (Å²) in [4.78, 5) is 11.4. The number of benzene rings is 2. The number of anilines is 1. The van der Waals surface area contributed by atoms with Crippen molar-refractivity contribution in [2.45, 2.75) is 18.1 Å². The summed E-state index contributed by atoms with van der Waals surface area (Å²) in [5.41, 5.74) is 6.45. The summed E-state index contributed by atoms with van der Waals surface area (Å²) in [5, 5.41) is 3.93. The third-order valence-corrected chi connectivity index (χ3v) is 6.17. The third kappa shape index (κ3) is 2.80. The molecule has 1 aliphatic rings. The molecule has 0 bridgehead atoms. The lowest BCUT2D eigenvalue weighted by Crippen LogP contribution is -2.21. The average Bonchev–Trinajstić information content (AvgIpc) is 3.36. The van der Waals surface area contributed by atoms with Crippen molar-refractivity contribution in [3.63, 3.8) is 0 Å². The van der Waals surface area contributed by atoms with E-state index in [0.29, 0.717) is 29.5 Å². The van der Waals surface area contributed by atoms with Gasteiger partial charge in [0.25, 0.3) is 0 Å². The molecule has 3 aromatic rings. The lowest BCUT2D eigenvalue weighted by Gasteiger charge is -2.09. The van der Waals surface area contributed by atoms with Crippen LogP contribution in [0, 0.1) is 5.82 Å². The number of fused-ring (bicyclic) bond motifs is 1. The van der Waals surface area contributed by atoms with Crippen molar-refractivity contribution >= 4 is 32.6 Å². The van der Waals surface area contributed by atoms with Crippen LogP contribution in [0.5, 0.6) is 0 Å². The van der Waals surface area contributed by atoms with E-state index < -0.39 is 21.9 Å². The van der Waals surface area contributed by atoms with E-state index >= 15 is 0 Å². The molecule has 0 spiro atoms. The maximum Gasteiger partial charge on any atom is 0.340 e. The number of hydrogen-bond acceptors (Lipinski definition) is 4. The summed E-state index contributed by atoms with van der Waals surface area (Å²) in [6.07, 6.45) is 2.71. The molecule has 4 rings (SSSR count). The number of sulfonamides is 1.